The zero-order chi connectivity index (χ0) is 12.8. The van der Waals surface area contributed by atoms with Crippen molar-refractivity contribution < 1.29 is 9.90 Å². The molecule has 0 radical (unpaired) electrons. The molecule has 2 aliphatic rings. The fourth-order valence-electron chi connectivity index (χ4n) is 4.25. The highest BCUT2D eigenvalue weighted by Gasteiger charge is 2.54. The van der Waals surface area contributed by atoms with Crippen molar-refractivity contribution in [2.24, 2.45) is 29.1 Å². The standard InChI is InChI=1S/C15H24O2/c1-9(2)11-5-6-15(4)10(3)12(7-16)14(11)13(15)8-17/h7,9,11,13-14,17H,5-6,8H2,1-4H3/t11-,13+,14-,15+/m1/s1. The molecular formula is C15H24O2. The second kappa shape index (κ2) is 4.24. The van der Waals surface area contributed by atoms with E-state index in [0.717, 1.165) is 18.3 Å². The Labute approximate surface area is 104 Å². The van der Waals surface area contributed by atoms with E-state index >= 15 is 0 Å². The zero-order valence-electron chi connectivity index (χ0n) is 11.4. The number of allylic oxidation sites excluding steroid dienone is 2. The molecule has 0 spiro atoms. The van der Waals surface area contributed by atoms with E-state index in [9.17, 15) is 9.90 Å². The van der Waals surface area contributed by atoms with Gasteiger partial charge in [-0.1, -0.05) is 26.3 Å². The van der Waals surface area contributed by atoms with Crippen molar-refractivity contribution in [1.82, 2.24) is 0 Å². The number of aliphatic hydroxyl groups excluding tert-OH is 1. The van der Waals surface area contributed by atoms with Crippen molar-refractivity contribution in [1.29, 1.82) is 0 Å². The molecule has 0 aromatic carbocycles. The van der Waals surface area contributed by atoms with Crippen LogP contribution < -0.4 is 0 Å². The maximum absolute atomic E-state index is 11.4. The minimum absolute atomic E-state index is 0.0566. The van der Waals surface area contributed by atoms with Crippen LogP contribution in [0.1, 0.15) is 40.5 Å². The number of carbonyl (C=O) groups excluding carboxylic acids is 1. The van der Waals surface area contributed by atoms with Gasteiger partial charge in [0.1, 0.15) is 6.29 Å². The lowest BCUT2D eigenvalue weighted by atomic mass is 9.60. The summed E-state index contributed by atoms with van der Waals surface area (Å²) in [5, 5.41) is 9.73. The highest BCUT2D eigenvalue weighted by molar-refractivity contribution is 5.77. The molecule has 1 N–H and O–H groups in total. The van der Waals surface area contributed by atoms with E-state index in [2.05, 4.69) is 27.7 Å². The lowest BCUT2D eigenvalue weighted by Gasteiger charge is -2.45. The molecule has 0 heterocycles. The Morgan fingerprint density at radius 1 is 1.53 bits per heavy atom. The van der Waals surface area contributed by atoms with Crippen LogP contribution in [0.4, 0.5) is 0 Å². The Kier molecular flexibility index (Phi) is 3.19. The maximum Gasteiger partial charge on any atom is 0.146 e. The van der Waals surface area contributed by atoms with E-state index in [-0.39, 0.29) is 23.9 Å². The van der Waals surface area contributed by atoms with E-state index in [0.29, 0.717) is 11.8 Å². The molecule has 0 unspecified atom stereocenters. The summed E-state index contributed by atoms with van der Waals surface area (Å²) < 4.78 is 0. The molecule has 4 atom stereocenters. The molecule has 2 aliphatic carbocycles. The number of hydrogen-bond acceptors (Lipinski definition) is 2. The zero-order valence-corrected chi connectivity index (χ0v) is 11.4. The maximum atomic E-state index is 11.4. The monoisotopic (exact) mass is 236 g/mol. The van der Waals surface area contributed by atoms with Gasteiger partial charge in [0.2, 0.25) is 0 Å². The summed E-state index contributed by atoms with van der Waals surface area (Å²) >= 11 is 0. The molecule has 0 aromatic heterocycles. The smallest absolute Gasteiger partial charge is 0.146 e. The normalized spacial score (nSPS) is 41.2. The van der Waals surface area contributed by atoms with Crippen LogP contribution in [0.3, 0.4) is 0 Å². The first kappa shape index (κ1) is 12.8. The summed E-state index contributed by atoms with van der Waals surface area (Å²) in [5.74, 6) is 1.68. The molecule has 1 saturated carbocycles. The lowest BCUT2D eigenvalue weighted by Crippen LogP contribution is -2.40. The van der Waals surface area contributed by atoms with Gasteiger partial charge in [0, 0.05) is 6.61 Å². The molecule has 2 bridgehead atoms. The third kappa shape index (κ3) is 1.61. The predicted octanol–water partition coefficient (Wildman–Crippen LogP) is 2.81. The highest BCUT2D eigenvalue weighted by Crippen LogP contribution is 2.60. The lowest BCUT2D eigenvalue weighted by molar-refractivity contribution is -0.105. The largest absolute Gasteiger partial charge is 0.396 e. The van der Waals surface area contributed by atoms with Crippen molar-refractivity contribution in [2.45, 2.75) is 40.5 Å². The van der Waals surface area contributed by atoms with Crippen molar-refractivity contribution >= 4 is 6.29 Å². The Morgan fingerprint density at radius 3 is 2.65 bits per heavy atom. The van der Waals surface area contributed by atoms with Crippen LogP contribution in [0.5, 0.6) is 0 Å². The highest BCUT2D eigenvalue weighted by atomic mass is 16.3. The van der Waals surface area contributed by atoms with Gasteiger partial charge in [0.25, 0.3) is 0 Å². The Bertz CT molecular complexity index is 356. The van der Waals surface area contributed by atoms with E-state index < -0.39 is 0 Å². The average molecular weight is 236 g/mol. The van der Waals surface area contributed by atoms with Gasteiger partial charge in [-0.2, -0.15) is 0 Å². The number of rotatable bonds is 3. The Morgan fingerprint density at radius 2 is 2.18 bits per heavy atom. The first-order valence-corrected chi connectivity index (χ1v) is 6.74. The van der Waals surface area contributed by atoms with Crippen LogP contribution in [0, 0.1) is 29.1 Å². The van der Waals surface area contributed by atoms with Crippen LogP contribution >= 0.6 is 0 Å². The van der Waals surface area contributed by atoms with Crippen LogP contribution in [-0.2, 0) is 4.79 Å². The van der Waals surface area contributed by atoms with E-state index in [1.807, 2.05) is 0 Å². The molecule has 0 amide bonds. The number of carbonyl (C=O) groups is 1. The quantitative estimate of drug-likeness (QED) is 0.765. The van der Waals surface area contributed by atoms with E-state index in [4.69, 9.17) is 0 Å². The number of hydrogen-bond donors (Lipinski definition) is 1. The summed E-state index contributed by atoms with van der Waals surface area (Å²) in [6.45, 7) is 8.99. The number of aliphatic hydroxyl groups is 1. The van der Waals surface area contributed by atoms with Gasteiger partial charge in [-0.05, 0) is 54.4 Å². The van der Waals surface area contributed by atoms with Gasteiger partial charge in [-0.25, -0.2) is 0 Å². The van der Waals surface area contributed by atoms with Crippen molar-refractivity contribution in [3.8, 4) is 0 Å². The van der Waals surface area contributed by atoms with Crippen LogP contribution in [0.2, 0.25) is 0 Å². The number of aldehydes is 1. The molecule has 2 nitrogen and oxygen atoms in total. The average Bonchev–Trinajstić information content (AvgIpc) is 2.41. The predicted molar refractivity (Wildman–Crippen MR) is 68.5 cm³/mol. The fraction of sp³-hybridized carbons (Fsp3) is 0.800. The van der Waals surface area contributed by atoms with Gasteiger partial charge in [-0.15, -0.1) is 0 Å². The van der Waals surface area contributed by atoms with Crippen LogP contribution in [0.25, 0.3) is 0 Å². The second-order valence-electron chi connectivity index (χ2n) is 6.38. The third-order valence-corrected chi connectivity index (χ3v) is 5.54. The molecule has 0 aliphatic heterocycles. The van der Waals surface area contributed by atoms with Gasteiger partial charge in [0.05, 0.1) is 0 Å². The van der Waals surface area contributed by atoms with Gasteiger partial charge in [0.15, 0.2) is 0 Å². The summed E-state index contributed by atoms with van der Waals surface area (Å²) in [6.07, 6.45) is 3.35. The molecule has 1 fully saturated rings. The Balaban J connectivity index is 2.47. The second-order valence-corrected chi connectivity index (χ2v) is 6.38. The van der Waals surface area contributed by atoms with Crippen molar-refractivity contribution in [3.05, 3.63) is 11.1 Å². The third-order valence-electron chi connectivity index (χ3n) is 5.54. The molecule has 0 aromatic rings. The first-order valence-electron chi connectivity index (χ1n) is 6.74. The summed E-state index contributed by atoms with van der Waals surface area (Å²) in [4.78, 5) is 11.4. The SMILES string of the molecule is CC1=C(C=O)[C@H]2[C@@H](C(C)C)CC[C@]1(C)[C@H]2CO. The topological polar surface area (TPSA) is 37.3 Å². The molecule has 2 rings (SSSR count). The molecule has 2 heteroatoms. The minimum atomic E-state index is 0.0566. The Hall–Kier alpha value is -0.630. The molecule has 17 heavy (non-hydrogen) atoms. The van der Waals surface area contributed by atoms with Crippen molar-refractivity contribution in [3.63, 3.8) is 0 Å². The first-order chi connectivity index (χ1) is 7.97. The summed E-state index contributed by atoms with van der Waals surface area (Å²) in [7, 11) is 0. The van der Waals surface area contributed by atoms with Gasteiger partial charge in [-0.3, -0.25) is 4.79 Å². The van der Waals surface area contributed by atoms with Gasteiger partial charge >= 0.3 is 0 Å². The van der Waals surface area contributed by atoms with Gasteiger partial charge < -0.3 is 5.11 Å². The fourth-order valence-corrected chi connectivity index (χ4v) is 4.25. The minimum Gasteiger partial charge on any atom is -0.396 e. The van der Waals surface area contributed by atoms with E-state index in [1.54, 1.807) is 0 Å². The van der Waals surface area contributed by atoms with Crippen LogP contribution in [-0.4, -0.2) is 18.0 Å². The summed E-state index contributed by atoms with van der Waals surface area (Å²) in [6, 6.07) is 0. The molecule has 0 saturated heterocycles. The van der Waals surface area contributed by atoms with Crippen LogP contribution in [0.15, 0.2) is 11.1 Å². The molecule has 96 valence electrons. The summed E-state index contributed by atoms with van der Waals surface area (Å²) in [5.41, 5.74) is 2.28. The number of fused-ring (bicyclic) bond motifs is 2. The van der Waals surface area contributed by atoms with E-state index in [1.165, 1.54) is 12.0 Å². The van der Waals surface area contributed by atoms with Crippen molar-refractivity contribution in [2.75, 3.05) is 6.61 Å². The molecular weight excluding hydrogens is 212 g/mol.